The van der Waals surface area contributed by atoms with Crippen LogP contribution in [0.4, 0.5) is 0 Å². The van der Waals surface area contributed by atoms with E-state index in [0.29, 0.717) is 37.6 Å². The summed E-state index contributed by atoms with van der Waals surface area (Å²) in [6.45, 7) is 20.7. The Labute approximate surface area is 310 Å². The molecule has 7 rings (SSSR count). The van der Waals surface area contributed by atoms with E-state index in [2.05, 4.69) is 63.8 Å². The number of carbonyl (C=O) groups excluding carboxylic acids is 3. The predicted octanol–water partition coefficient (Wildman–Crippen LogP) is 8.06. The van der Waals surface area contributed by atoms with Gasteiger partial charge >= 0.3 is 11.9 Å². The number of aromatic amines is 1. The highest BCUT2D eigenvalue weighted by atomic mass is 16.5. The number of Topliss-reactive ketones (excluding diaryl/α,β-unsaturated/α-hetero) is 1. The Hall–Kier alpha value is -2.97. The Kier molecular flexibility index (Phi) is 8.82. The van der Waals surface area contributed by atoms with Crippen LogP contribution >= 0.6 is 0 Å². The Morgan fingerprint density at radius 2 is 1.65 bits per heavy atom. The normalized spacial score (nSPS) is 41.6. The average molecular weight is 718 g/mol. The zero-order valence-corrected chi connectivity index (χ0v) is 33.1. The van der Waals surface area contributed by atoms with Crippen LogP contribution in [0.2, 0.25) is 0 Å². The molecule has 0 saturated heterocycles. The number of allylic oxidation sites excluding steroid dienone is 2. The molecule has 1 aromatic heterocycles. The van der Waals surface area contributed by atoms with Crippen molar-refractivity contribution in [1.29, 1.82) is 0 Å². The second kappa shape index (κ2) is 12.3. The van der Waals surface area contributed by atoms with Gasteiger partial charge in [-0.2, -0.15) is 0 Å². The lowest BCUT2D eigenvalue weighted by Crippen LogP contribution is -2.66. The van der Waals surface area contributed by atoms with Crippen LogP contribution in [0.1, 0.15) is 139 Å². The third kappa shape index (κ3) is 5.23. The van der Waals surface area contributed by atoms with E-state index in [1.54, 1.807) is 12.4 Å². The molecule has 5 fully saturated rings. The molecule has 3 N–H and O–H groups in total. The maximum Gasteiger partial charge on any atom is 0.309 e. The van der Waals surface area contributed by atoms with Crippen molar-refractivity contribution in [2.24, 2.45) is 68.0 Å². The van der Waals surface area contributed by atoms with Crippen LogP contribution in [0.3, 0.4) is 0 Å². The van der Waals surface area contributed by atoms with Crippen LogP contribution in [0.5, 0.6) is 0 Å². The van der Waals surface area contributed by atoms with E-state index in [1.807, 2.05) is 13.8 Å². The molecule has 286 valence electrons. The summed E-state index contributed by atoms with van der Waals surface area (Å²) in [7, 11) is 0. The topological polar surface area (TPSA) is 138 Å². The van der Waals surface area contributed by atoms with Crippen molar-refractivity contribution in [2.45, 2.75) is 146 Å². The van der Waals surface area contributed by atoms with Crippen LogP contribution in [-0.2, 0) is 30.5 Å². The quantitative estimate of drug-likeness (QED) is 0.231. The molecule has 9 heteroatoms. The number of aromatic nitrogens is 2. The van der Waals surface area contributed by atoms with E-state index < -0.39 is 22.7 Å². The summed E-state index contributed by atoms with van der Waals surface area (Å²) in [5.74, 6) is 0.310. The Balaban J connectivity index is 1.13. The molecule has 9 nitrogen and oxygen atoms in total. The molecule has 0 radical (unpaired) electrons. The van der Waals surface area contributed by atoms with E-state index in [0.717, 1.165) is 62.8 Å². The first-order valence-corrected chi connectivity index (χ1v) is 20.2. The van der Waals surface area contributed by atoms with Crippen molar-refractivity contribution in [2.75, 3.05) is 0 Å². The van der Waals surface area contributed by atoms with Gasteiger partial charge in [0, 0.05) is 36.1 Å². The first-order valence-electron chi connectivity index (χ1n) is 20.2. The maximum atomic E-state index is 14.0. The van der Waals surface area contributed by atoms with Crippen LogP contribution in [0.15, 0.2) is 23.5 Å². The van der Waals surface area contributed by atoms with Gasteiger partial charge in [0.15, 0.2) is 5.78 Å². The fourth-order valence-corrected chi connectivity index (χ4v) is 14.0. The summed E-state index contributed by atoms with van der Waals surface area (Å²) in [5.41, 5.74) is 1.25. The van der Waals surface area contributed by atoms with E-state index in [9.17, 15) is 24.3 Å². The Morgan fingerprint density at radius 3 is 2.29 bits per heavy atom. The van der Waals surface area contributed by atoms with E-state index in [4.69, 9.17) is 4.74 Å². The van der Waals surface area contributed by atoms with Crippen LogP contribution in [0.25, 0.3) is 0 Å². The molecule has 1 aromatic rings. The third-order valence-corrected chi connectivity index (χ3v) is 17.1. The van der Waals surface area contributed by atoms with Gasteiger partial charge in [0.05, 0.1) is 18.4 Å². The highest BCUT2D eigenvalue weighted by Crippen LogP contribution is 2.77. The molecule has 0 bridgehead atoms. The number of ketones is 1. The first-order chi connectivity index (χ1) is 24.2. The molecule has 6 aliphatic carbocycles. The highest BCUT2D eigenvalue weighted by molar-refractivity contribution is 6.01. The predicted molar refractivity (Wildman–Crippen MR) is 197 cm³/mol. The van der Waals surface area contributed by atoms with Crippen molar-refractivity contribution >= 4 is 23.6 Å². The third-order valence-electron chi connectivity index (χ3n) is 17.1. The number of carboxylic acids is 1. The molecule has 1 heterocycles. The van der Waals surface area contributed by atoms with Gasteiger partial charge in [-0.25, -0.2) is 4.98 Å². The molecule has 0 unspecified atom stereocenters. The molecule has 0 aliphatic heterocycles. The highest BCUT2D eigenvalue weighted by Gasteiger charge is 2.70. The first kappa shape index (κ1) is 37.3. The number of hydrogen-bond donors (Lipinski definition) is 3. The number of aliphatic carboxylic acids is 1. The minimum absolute atomic E-state index is 0.00206. The van der Waals surface area contributed by atoms with Crippen molar-refractivity contribution < 1.29 is 29.0 Å². The van der Waals surface area contributed by atoms with Crippen LogP contribution in [0, 0.1) is 68.0 Å². The molecule has 5 saturated carbocycles. The number of ether oxygens (including phenoxy) is 1. The summed E-state index contributed by atoms with van der Waals surface area (Å²) >= 11 is 0. The number of esters is 1. The zero-order valence-electron chi connectivity index (χ0n) is 33.1. The molecule has 52 heavy (non-hydrogen) atoms. The largest absolute Gasteiger partial charge is 0.481 e. The number of H-pyrrole nitrogens is 1. The Morgan fingerprint density at radius 1 is 0.923 bits per heavy atom. The van der Waals surface area contributed by atoms with Crippen molar-refractivity contribution in [3.05, 3.63) is 29.4 Å². The number of carboxylic acid groups (broad SMARTS) is 1. The monoisotopic (exact) mass is 717 g/mol. The van der Waals surface area contributed by atoms with Crippen LogP contribution < -0.4 is 5.32 Å². The number of hydrogen-bond acceptors (Lipinski definition) is 6. The molecular weight excluding hydrogens is 654 g/mol. The van der Waals surface area contributed by atoms with Crippen LogP contribution in [-0.4, -0.2) is 44.8 Å². The zero-order chi connectivity index (χ0) is 37.8. The Bertz CT molecular complexity index is 1680. The number of nitrogens with one attached hydrogen (secondary N) is 2. The standard InChI is InChI=1S/C43H63N3O6/c1-24(2)34-28(47)21-43(22-33(48)46-23-32-44-18-19-45-32)17-16-41(8)25(35(34)43)10-11-30-40(7)14-13-31(39(5,6)29(40)12-15-42(30,41)9)52-37(51)27-20-26(36(49)50)38(27,3)4/h18-19,24-27,29-31H,10-17,20-23H2,1-9H3,(H,44,45)(H,46,48)(H,49,50)/t25-,26+,27-,29+,30-,31+,40+,41-,42-,43+/m1/s1. The minimum atomic E-state index is -0.831. The molecule has 10 atom stereocenters. The number of fused-ring (bicyclic) bond motifs is 7. The van der Waals surface area contributed by atoms with Crippen molar-refractivity contribution in [3.63, 3.8) is 0 Å². The van der Waals surface area contributed by atoms with Gasteiger partial charge in [-0.05, 0) is 109 Å². The maximum absolute atomic E-state index is 14.0. The SMILES string of the molecule is CC(C)C1=C2[C@H]3CC[C@@H]4[C@@]5(C)CC[C@H](OC(=O)[C@H]6C[C@@H](C(=O)O)C6(C)C)C(C)(C)[C@@H]5CC[C@@]4(C)[C@]3(C)CC[C@@]2(CC(=O)NCc2ncc[nH]2)CC1=O. The minimum Gasteiger partial charge on any atom is -0.481 e. The van der Waals surface area contributed by atoms with E-state index >= 15 is 0 Å². The summed E-state index contributed by atoms with van der Waals surface area (Å²) in [6, 6.07) is 0. The van der Waals surface area contributed by atoms with Gasteiger partial charge < -0.3 is 20.1 Å². The summed E-state index contributed by atoms with van der Waals surface area (Å²) in [4.78, 5) is 60.2. The fraction of sp³-hybridized carbons (Fsp3) is 0.791. The molecule has 6 aliphatic rings. The number of amides is 1. The number of nitrogens with zero attached hydrogens (tertiary/aromatic N) is 1. The van der Waals surface area contributed by atoms with Gasteiger partial charge in [0.1, 0.15) is 11.9 Å². The number of rotatable bonds is 8. The number of imidazole rings is 1. The second-order valence-corrected chi connectivity index (χ2v) is 20.3. The second-order valence-electron chi connectivity index (χ2n) is 20.3. The van der Waals surface area contributed by atoms with Gasteiger partial charge in [0.2, 0.25) is 5.91 Å². The summed E-state index contributed by atoms with van der Waals surface area (Å²) in [5, 5.41) is 12.7. The lowest BCUT2D eigenvalue weighted by atomic mass is 9.33. The van der Waals surface area contributed by atoms with Crippen molar-refractivity contribution in [1.82, 2.24) is 15.3 Å². The van der Waals surface area contributed by atoms with Gasteiger partial charge in [-0.1, -0.05) is 67.9 Å². The van der Waals surface area contributed by atoms with Gasteiger partial charge in [-0.3, -0.25) is 19.2 Å². The summed E-state index contributed by atoms with van der Waals surface area (Å²) in [6.07, 6.45) is 12.4. The van der Waals surface area contributed by atoms with Gasteiger partial charge in [0.25, 0.3) is 0 Å². The van der Waals surface area contributed by atoms with Gasteiger partial charge in [-0.15, -0.1) is 0 Å². The summed E-state index contributed by atoms with van der Waals surface area (Å²) < 4.78 is 6.40. The lowest BCUT2D eigenvalue weighted by molar-refractivity contribution is -0.236. The number of carbonyl (C=O) groups is 4. The molecule has 0 aromatic carbocycles. The average Bonchev–Trinajstić information content (AvgIpc) is 3.66. The molecule has 0 spiro atoms. The van der Waals surface area contributed by atoms with E-state index in [-0.39, 0.29) is 63.2 Å². The fourth-order valence-electron chi connectivity index (χ4n) is 14.0. The molecule has 1 amide bonds. The smallest absolute Gasteiger partial charge is 0.309 e. The van der Waals surface area contributed by atoms with E-state index in [1.165, 1.54) is 5.57 Å². The molecular formula is C43H63N3O6. The van der Waals surface area contributed by atoms with Crippen molar-refractivity contribution in [3.8, 4) is 0 Å². The lowest BCUT2D eigenvalue weighted by Gasteiger charge is -2.72.